The number of amides is 2. The topological polar surface area (TPSA) is 49.4 Å². The van der Waals surface area contributed by atoms with Gasteiger partial charge in [0.05, 0.1) is 0 Å². The summed E-state index contributed by atoms with van der Waals surface area (Å²) in [6, 6.07) is 18.1. The van der Waals surface area contributed by atoms with Crippen molar-refractivity contribution < 1.29 is 14.0 Å². The third-order valence-corrected chi connectivity index (χ3v) is 6.68. The van der Waals surface area contributed by atoms with E-state index < -0.39 is 0 Å². The first-order valence-corrected chi connectivity index (χ1v) is 11.5. The van der Waals surface area contributed by atoms with Crippen LogP contribution in [0.5, 0.6) is 0 Å². The number of carbonyl (C=O) groups excluding carboxylic acids is 2. The molecule has 164 valence electrons. The predicted octanol–water partition coefficient (Wildman–Crippen LogP) is 5.30. The summed E-state index contributed by atoms with van der Waals surface area (Å²) in [5.74, 6) is -0.373. The number of hydrogen-bond donors (Lipinski definition) is 1. The Morgan fingerprint density at radius 3 is 2.47 bits per heavy atom. The van der Waals surface area contributed by atoms with E-state index in [4.69, 9.17) is 0 Å². The molecule has 0 bridgehead atoms. The first-order valence-electron chi connectivity index (χ1n) is 10.7. The maximum Gasteiger partial charge on any atom is 0.253 e. The molecule has 6 heteroatoms. The van der Waals surface area contributed by atoms with Gasteiger partial charge in [0.2, 0.25) is 5.91 Å². The van der Waals surface area contributed by atoms with Gasteiger partial charge >= 0.3 is 0 Å². The third-order valence-electron chi connectivity index (χ3n) is 5.59. The van der Waals surface area contributed by atoms with Gasteiger partial charge < -0.3 is 10.2 Å². The molecule has 4 nitrogen and oxygen atoms in total. The molecule has 2 heterocycles. The fourth-order valence-electron chi connectivity index (χ4n) is 3.76. The van der Waals surface area contributed by atoms with Crippen LogP contribution in [0.1, 0.15) is 33.6 Å². The Balaban J connectivity index is 1.27. The molecule has 2 amide bonds. The van der Waals surface area contributed by atoms with Crippen LogP contribution in [0.25, 0.3) is 16.5 Å². The summed E-state index contributed by atoms with van der Waals surface area (Å²) in [5, 5.41) is 3.02. The summed E-state index contributed by atoms with van der Waals surface area (Å²) >= 11 is 1.44. The Kier molecular flexibility index (Phi) is 6.81. The van der Waals surface area contributed by atoms with Crippen LogP contribution in [0.4, 0.5) is 4.39 Å². The van der Waals surface area contributed by atoms with E-state index in [-0.39, 0.29) is 23.7 Å². The quantitative estimate of drug-likeness (QED) is 0.539. The fourth-order valence-corrected chi connectivity index (χ4v) is 4.70. The lowest BCUT2D eigenvalue weighted by Gasteiger charge is -2.32. The SMILES string of the molecule is Cc1ccc(C(=O)N2CCC(NC(=O)C=Cc3ccc(-c4ccccc4F)s3)CC2)cc1. The molecular weight excluding hydrogens is 423 g/mol. The highest BCUT2D eigenvalue weighted by Gasteiger charge is 2.24. The summed E-state index contributed by atoms with van der Waals surface area (Å²) in [7, 11) is 0. The van der Waals surface area contributed by atoms with Gasteiger partial charge in [-0.1, -0.05) is 35.9 Å². The monoisotopic (exact) mass is 448 g/mol. The van der Waals surface area contributed by atoms with Crippen LogP contribution in [0.15, 0.2) is 66.7 Å². The minimum Gasteiger partial charge on any atom is -0.350 e. The standard InChI is InChI=1S/C26H25FN2O2S/c1-18-6-8-19(9-7-18)26(31)29-16-14-20(15-17-29)28-25(30)13-11-21-10-12-24(32-21)22-4-2-3-5-23(22)27/h2-13,20H,14-17H2,1H3,(H,28,30). The molecule has 1 saturated heterocycles. The lowest BCUT2D eigenvalue weighted by Crippen LogP contribution is -2.46. The molecule has 32 heavy (non-hydrogen) atoms. The zero-order chi connectivity index (χ0) is 22.5. The number of aryl methyl sites for hydroxylation is 1. The van der Waals surface area contributed by atoms with E-state index in [1.54, 1.807) is 24.3 Å². The Morgan fingerprint density at radius 2 is 1.75 bits per heavy atom. The van der Waals surface area contributed by atoms with Crippen LogP contribution in [-0.2, 0) is 4.79 Å². The number of carbonyl (C=O) groups is 2. The third kappa shape index (κ3) is 5.32. The van der Waals surface area contributed by atoms with Gasteiger partial charge in [-0.3, -0.25) is 9.59 Å². The fraction of sp³-hybridized carbons (Fsp3) is 0.231. The van der Waals surface area contributed by atoms with Gasteiger partial charge in [-0.15, -0.1) is 11.3 Å². The van der Waals surface area contributed by atoms with E-state index in [9.17, 15) is 14.0 Å². The van der Waals surface area contributed by atoms with E-state index in [2.05, 4.69) is 5.32 Å². The molecule has 1 fully saturated rings. The van der Waals surface area contributed by atoms with Gasteiger partial charge in [0.15, 0.2) is 0 Å². The molecule has 0 radical (unpaired) electrons. The smallest absolute Gasteiger partial charge is 0.253 e. The predicted molar refractivity (Wildman–Crippen MR) is 127 cm³/mol. The summed E-state index contributed by atoms with van der Waals surface area (Å²) in [6.07, 6.45) is 4.72. The number of hydrogen-bond acceptors (Lipinski definition) is 3. The number of thiophene rings is 1. The lowest BCUT2D eigenvalue weighted by atomic mass is 10.0. The van der Waals surface area contributed by atoms with Crippen molar-refractivity contribution in [2.45, 2.75) is 25.8 Å². The minimum atomic E-state index is -0.255. The normalized spacial score (nSPS) is 14.6. The number of nitrogens with zero attached hydrogens (tertiary/aromatic N) is 1. The Labute approximate surface area is 191 Å². The van der Waals surface area contributed by atoms with E-state index >= 15 is 0 Å². The number of benzene rings is 2. The maximum absolute atomic E-state index is 13.9. The van der Waals surface area contributed by atoms with Gasteiger partial charge in [-0.2, -0.15) is 0 Å². The van der Waals surface area contributed by atoms with Crippen molar-refractivity contribution in [2.75, 3.05) is 13.1 Å². The van der Waals surface area contributed by atoms with E-state index in [0.29, 0.717) is 24.2 Å². The summed E-state index contributed by atoms with van der Waals surface area (Å²) in [4.78, 5) is 28.5. The van der Waals surface area contributed by atoms with Crippen LogP contribution >= 0.6 is 11.3 Å². The van der Waals surface area contributed by atoms with Crippen LogP contribution in [0.3, 0.4) is 0 Å². The Hall–Kier alpha value is -3.25. The Bertz CT molecular complexity index is 1130. The zero-order valence-electron chi connectivity index (χ0n) is 17.9. The molecule has 1 aliphatic rings. The molecule has 0 saturated carbocycles. The highest BCUT2D eigenvalue weighted by molar-refractivity contribution is 7.16. The van der Waals surface area contributed by atoms with Crippen molar-refractivity contribution in [1.82, 2.24) is 10.2 Å². The molecular formula is C26H25FN2O2S. The van der Waals surface area contributed by atoms with Gasteiger partial charge in [-0.25, -0.2) is 4.39 Å². The molecule has 2 aromatic carbocycles. The summed E-state index contributed by atoms with van der Waals surface area (Å²) in [5.41, 5.74) is 2.39. The van der Waals surface area contributed by atoms with Crippen molar-refractivity contribution in [1.29, 1.82) is 0 Å². The van der Waals surface area contributed by atoms with E-state index in [0.717, 1.165) is 28.2 Å². The molecule has 1 N–H and O–H groups in total. The van der Waals surface area contributed by atoms with Crippen molar-refractivity contribution >= 4 is 29.2 Å². The molecule has 1 aromatic heterocycles. The molecule has 0 aliphatic carbocycles. The van der Waals surface area contributed by atoms with Crippen LogP contribution in [0.2, 0.25) is 0 Å². The lowest BCUT2D eigenvalue weighted by molar-refractivity contribution is -0.117. The van der Waals surface area contributed by atoms with E-state index in [1.165, 1.54) is 23.5 Å². The minimum absolute atomic E-state index is 0.0398. The first kappa shape index (κ1) is 22.0. The van der Waals surface area contributed by atoms with Crippen LogP contribution in [0, 0.1) is 12.7 Å². The van der Waals surface area contributed by atoms with Gasteiger partial charge in [0.25, 0.3) is 5.91 Å². The second-order valence-electron chi connectivity index (χ2n) is 7.96. The number of rotatable bonds is 5. The Morgan fingerprint density at radius 1 is 1.03 bits per heavy atom. The second kappa shape index (κ2) is 9.92. The average Bonchev–Trinajstić information content (AvgIpc) is 3.27. The highest BCUT2D eigenvalue weighted by atomic mass is 32.1. The highest BCUT2D eigenvalue weighted by Crippen LogP contribution is 2.30. The maximum atomic E-state index is 13.9. The van der Waals surface area contributed by atoms with Gasteiger partial charge in [-0.05, 0) is 56.2 Å². The van der Waals surface area contributed by atoms with E-state index in [1.807, 2.05) is 48.2 Å². The molecule has 0 unspecified atom stereocenters. The number of nitrogens with one attached hydrogen (secondary N) is 1. The molecule has 4 rings (SSSR count). The summed E-state index contributed by atoms with van der Waals surface area (Å²) < 4.78 is 13.9. The van der Waals surface area contributed by atoms with Crippen LogP contribution in [-0.4, -0.2) is 35.8 Å². The van der Waals surface area contributed by atoms with Crippen molar-refractivity contribution in [2.24, 2.45) is 0 Å². The average molecular weight is 449 g/mol. The van der Waals surface area contributed by atoms with Gasteiger partial charge in [0.1, 0.15) is 5.82 Å². The van der Waals surface area contributed by atoms with Gasteiger partial charge in [0, 0.05) is 46.1 Å². The van der Waals surface area contributed by atoms with Crippen molar-refractivity contribution in [3.8, 4) is 10.4 Å². The molecule has 0 atom stereocenters. The van der Waals surface area contributed by atoms with Crippen molar-refractivity contribution in [3.63, 3.8) is 0 Å². The summed E-state index contributed by atoms with van der Waals surface area (Å²) in [6.45, 7) is 3.24. The van der Waals surface area contributed by atoms with Crippen LogP contribution < -0.4 is 5.32 Å². The molecule has 1 aliphatic heterocycles. The first-order chi connectivity index (χ1) is 15.5. The molecule has 0 spiro atoms. The zero-order valence-corrected chi connectivity index (χ0v) is 18.7. The van der Waals surface area contributed by atoms with Crippen molar-refractivity contribution in [3.05, 3.63) is 88.6 Å². The number of likely N-dealkylation sites (tertiary alicyclic amines) is 1. The second-order valence-corrected chi connectivity index (χ2v) is 9.07. The number of piperidine rings is 1. The molecule has 3 aromatic rings. The number of halogens is 1. The largest absolute Gasteiger partial charge is 0.350 e.